The zero-order valence-electron chi connectivity index (χ0n) is 82.2. The molecule has 23 N–H and O–H groups in total. The first kappa shape index (κ1) is 111. The molecular formula is C105H122N20O21S2. The molecule has 9 aromatic rings. The Kier molecular flexibility index (Phi) is 39.9. The highest BCUT2D eigenvalue weighted by molar-refractivity contribution is 7.98. The van der Waals surface area contributed by atoms with Gasteiger partial charge in [0.05, 0.1) is 30.4 Å². The van der Waals surface area contributed by atoms with Gasteiger partial charge in [-0.2, -0.15) is 23.5 Å². The molecule has 4 aromatic heterocycles. The van der Waals surface area contributed by atoms with E-state index in [4.69, 9.17) is 20.9 Å². The predicted molar refractivity (Wildman–Crippen MR) is 553 cm³/mol. The van der Waals surface area contributed by atoms with Gasteiger partial charge in [-0.1, -0.05) is 125 Å². The Balaban J connectivity index is 0.805. The summed E-state index contributed by atoms with van der Waals surface area (Å²) in [6.07, 6.45) is 4.85. The number of hydrogen-bond donors (Lipinski definition) is 21. The Morgan fingerprint density at radius 1 is 0.541 bits per heavy atom. The number of aliphatic hydroxyl groups excluding tert-OH is 2. The van der Waals surface area contributed by atoms with Crippen LogP contribution in [-0.4, -0.2) is 237 Å². The average molecular weight is 2060 g/mol. The number of phenolic OH excluding ortho intramolecular Hbond substituents is 2. The molecule has 4 aliphatic heterocycles. The Morgan fingerprint density at radius 3 is 1.84 bits per heavy atom. The standard InChI is InChI=1S/C105H122N20O21S2/c1-56(2)39-78(115-89(132)23-11-8-16-38-109-95(135)73-21-13-12-20-72(73)90-74-34-32-69(129)44-86(74)146-87-45-70(130)33-35-75(87)90)101(141)125-92(59(6)127)105(145)120-80(40-60-17-9-7-10-18-60)99(139)122-84-53-147-51-65-28-26-62(46-110-65)63-27-29-66(111-47-63)52-148-54-85(103(143)121-83(50-126)93(107)133)123-104(144)91(57(3)4)124-96(136)77(36-37-88(106)131)116-94(134)58(5)114-97(137)81(42-64-48-112-76-22-15-14-19-71(64)76)118-98(138)79(41-61-24-30-68(128)31-25-61)117-100(140)82(119-102(84)142)43-67-49-108-55-113-67/h7,9-10,12-15,17-22,24-35,44-49,55-59,77-85,91-92,112,126-129H,8,11,16,23,36-43,50-54H2,1-6H3,(H2,106,131)(H2,107,133)(H,108,113)(H,109,135)(H,114,137)(H,115,132)(H,116,134)(H,117,140)(H,118,138)(H,119,142)(H,120,145)(H,121,143)(H,122,139)(H,123,144)(H,124,136)(H,125,141)/t58-,59+,77-,78-,79-,80-,81-,82-,83-,84-,85-,91-,92-/m0/s1. The van der Waals surface area contributed by atoms with Crippen molar-refractivity contribution in [1.29, 1.82) is 0 Å². The van der Waals surface area contributed by atoms with E-state index in [0.29, 0.717) is 103 Å². The number of benzene rings is 6. The van der Waals surface area contributed by atoms with Crippen LogP contribution in [0.3, 0.4) is 0 Å². The molecule has 148 heavy (non-hydrogen) atoms. The summed E-state index contributed by atoms with van der Waals surface area (Å²) in [5.41, 5.74) is 17.6. The van der Waals surface area contributed by atoms with Gasteiger partial charge >= 0.3 is 0 Å². The fraction of sp³-hybridized carbons (Fsp3) is 0.362. The lowest BCUT2D eigenvalue weighted by molar-refractivity contribution is -0.136. The van der Waals surface area contributed by atoms with Crippen LogP contribution < -0.4 is 86.0 Å². The van der Waals surface area contributed by atoms with Gasteiger partial charge in [0.1, 0.15) is 95.3 Å². The molecule has 4 bridgehead atoms. The Hall–Kier alpha value is -15.9. The number of H-pyrrole nitrogens is 2. The maximum absolute atomic E-state index is 15.7. The number of aromatic amines is 2. The van der Waals surface area contributed by atoms with Crippen LogP contribution in [0, 0.1) is 11.8 Å². The number of fused-ring (bicyclic) bond motifs is 5. The first-order valence-electron chi connectivity index (χ1n) is 48.4. The molecule has 0 spiro atoms. The third-order valence-electron chi connectivity index (χ3n) is 24.6. The summed E-state index contributed by atoms with van der Waals surface area (Å²) in [6, 6.07) is 24.9. The van der Waals surface area contributed by atoms with Gasteiger partial charge in [0.2, 0.25) is 82.7 Å². The predicted octanol–water partition coefficient (Wildman–Crippen LogP) is 3.74. The van der Waals surface area contributed by atoms with E-state index < -0.39 is 193 Å². The van der Waals surface area contributed by atoms with E-state index in [9.17, 15) is 68.4 Å². The number of hydrogen-bond acceptors (Lipinski definition) is 26. The van der Waals surface area contributed by atoms with Crippen molar-refractivity contribution in [2.24, 2.45) is 23.3 Å². The minimum absolute atomic E-state index is 0.0515. The summed E-state index contributed by atoms with van der Waals surface area (Å²) in [5, 5.41) is 78.5. The number of pyridine rings is 2. The monoisotopic (exact) mass is 2060 g/mol. The van der Waals surface area contributed by atoms with Crippen LogP contribution in [0.25, 0.3) is 55.4 Å². The molecule has 0 saturated heterocycles. The number of carbonyl (C=O) groups excluding carboxylic acids is 15. The number of nitrogens with two attached hydrogens (primary N) is 2. The Bertz CT molecular complexity index is 6570. The lowest BCUT2D eigenvalue weighted by Crippen LogP contribution is -2.62. The average Bonchev–Trinajstić information content (AvgIpc) is 0.882. The van der Waals surface area contributed by atoms with E-state index in [-0.39, 0.29) is 102 Å². The summed E-state index contributed by atoms with van der Waals surface area (Å²) < 4.78 is 6.04. The van der Waals surface area contributed by atoms with Crippen molar-refractivity contribution in [2.75, 3.05) is 24.7 Å². The SMILES string of the molecule is CC(C)C[C@H](NC(=O)CCCCCNC(=O)c1ccccc1-c1c2ccc(=O)cc-2oc2cc(O)ccc12)C(=O)N[C@H](C(=O)N[C@@H](Cc1ccccc1)C(=O)N[C@H]1CSCc2ccc(cn2)-c2ccc(nc2)CSC[C@@H](C(=O)N[C@@H](CO)C(N)=O)NC(=O)[C@H](C(C)C)NC(=O)[C@H](CCC(N)=O)NC(=O)[C@H](C)NC(=O)[C@H](Cc2c[nH]c3ccccc23)NC(=O)[C@H](Cc2ccc(O)cc2)NC(=O)[C@H](Cc2cnc[nH]2)NC1=O)[C@@H](C)O. The number of rotatable bonds is 34. The molecule has 15 amide bonds. The second kappa shape index (κ2) is 53.3. The third-order valence-corrected chi connectivity index (χ3v) is 26.8. The lowest BCUT2D eigenvalue weighted by Gasteiger charge is -2.29. The fourth-order valence-corrected chi connectivity index (χ4v) is 18.6. The summed E-state index contributed by atoms with van der Waals surface area (Å²) in [4.78, 5) is 250. The van der Waals surface area contributed by atoms with Crippen LogP contribution in [0.1, 0.15) is 131 Å². The number of nitrogens with zero attached hydrogens (tertiary/aromatic N) is 3. The van der Waals surface area contributed by atoms with Crippen molar-refractivity contribution in [2.45, 2.75) is 202 Å². The highest BCUT2D eigenvalue weighted by Gasteiger charge is 2.40. The van der Waals surface area contributed by atoms with Crippen LogP contribution in [0.2, 0.25) is 0 Å². The Morgan fingerprint density at radius 2 is 1.18 bits per heavy atom. The van der Waals surface area contributed by atoms with E-state index in [2.05, 4.69) is 89.1 Å². The molecule has 8 heterocycles. The molecule has 0 fully saturated rings. The van der Waals surface area contributed by atoms with Crippen molar-refractivity contribution in [1.82, 2.24) is 94.0 Å². The summed E-state index contributed by atoms with van der Waals surface area (Å²) in [7, 11) is 0. The molecule has 41 nitrogen and oxygen atoms in total. The van der Waals surface area contributed by atoms with Gasteiger partial charge in [-0.15, -0.1) is 0 Å². The second-order valence-corrected chi connectivity index (χ2v) is 39.0. The lowest BCUT2D eigenvalue weighted by atomic mass is 9.90. The molecule has 5 aliphatic rings. The maximum atomic E-state index is 15.7. The number of unbranched alkanes of at least 4 members (excludes halogenated alkanes) is 2. The molecule has 14 rings (SSSR count). The topological polar surface area (TPSA) is 646 Å². The van der Waals surface area contributed by atoms with Crippen LogP contribution in [0.4, 0.5) is 0 Å². The first-order chi connectivity index (χ1) is 70.9. The Labute approximate surface area is 859 Å². The van der Waals surface area contributed by atoms with Crippen molar-refractivity contribution in [3.8, 4) is 45.1 Å². The zero-order chi connectivity index (χ0) is 106. The van der Waals surface area contributed by atoms with Gasteiger partial charge in [-0.25, -0.2) is 4.98 Å². The number of thioether (sulfide) groups is 2. The van der Waals surface area contributed by atoms with Crippen LogP contribution >= 0.6 is 23.5 Å². The van der Waals surface area contributed by atoms with Gasteiger partial charge in [-0.05, 0) is 134 Å². The molecule has 1 aliphatic carbocycles. The van der Waals surface area contributed by atoms with E-state index in [0.717, 1.165) is 23.5 Å². The van der Waals surface area contributed by atoms with E-state index in [1.54, 1.807) is 148 Å². The van der Waals surface area contributed by atoms with Crippen molar-refractivity contribution in [3.05, 3.63) is 244 Å². The molecule has 0 unspecified atom stereocenters. The van der Waals surface area contributed by atoms with E-state index >= 15 is 28.8 Å². The maximum Gasteiger partial charge on any atom is 0.251 e. The summed E-state index contributed by atoms with van der Waals surface area (Å²) >= 11 is 2.26. The van der Waals surface area contributed by atoms with Crippen LogP contribution in [0.15, 0.2) is 204 Å². The van der Waals surface area contributed by atoms with Gasteiger partial charge in [-0.3, -0.25) is 86.7 Å². The minimum Gasteiger partial charge on any atom is -0.508 e. The molecule has 5 aromatic carbocycles. The van der Waals surface area contributed by atoms with Crippen LogP contribution in [-0.2, 0) is 104 Å². The summed E-state index contributed by atoms with van der Waals surface area (Å²) in [6.45, 7) is 8.58. The number of para-hydroxylation sites is 1. The number of primary amides is 2. The molecule has 0 saturated carbocycles. The second-order valence-electron chi connectivity index (χ2n) is 37.0. The molecule has 0 radical (unpaired) electrons. The number of amides is 15. The van der Waals surface area contributed by atoms with E-state index in [1.165, 1.54) is 74.9 Å². The van der Waals surface area contributed by atoms with Crippen molar-refractivity contribution in [3.63, 3.8) is 0 Å². The van der Waals surface area contributed by atoms with Crippen molar-refractivity contribution >= 4 is 134 Å². The van der Waals surface area contributed by atoms with Crippen LogP contribution in [0.5, 0.6) is 11.5 Å². The largest absolute Gasteiger partial charge is 0.508 e. The third kappa shape index (κ3) is 31.6. The number of aliphatic hydroxyl groups is 2. The number of carbonyl (C=O) groups is 15. The normalized spacial score (nSPS) is 18.7. The number of aromatic nitrogens is 5. The van der Waals surface area contributed by atoms with Gasteiger partial charge in [0, 0.05) is 155 Å². The number of aromatic hydroxyl groups is 2. The number of phenols is 2. The highest BCUT2D eigenvalue weighted by Crippen LogP contribution is 2.42. The highest BCUT2D eigenvalue weighted by atomic mass is 32.2. The number of nitrogens with one attached hydrogen (secondary N) is 15. The van der Waals surface area contributed by atoms with Gasteiger partial charge in [0.25, 0.3) is 5.91 Å². The molecular weight excluding hydrogens is 1940 g/mol. The molecule has 780 valence electrons. The minimum atomic E-state index is -1.78. The number of imidazole rings is 1. The molecule has 13 atom stereocenters. The summed E-state index contributed by atoms with van der Waals surface area (Å²) in [5.74, 6) is -14.8. The fourth-order valence-electron chi connectivity index (χ4n) is 16.7. The van der Waals surface area contributed by atoms with E-state index in [1.807, 2.05) is 13.8 Å². The molecule has 43 heteroatoms. The van der Waals surface area contributed by atoms with Gasteiger partial charge in [0.15, 0.2) is 5.43 Å². The van der Waals surface area contributed by atoms with Crippen molar-refractivity contribution < 1.29 is 96.8 Å². The first-order valence-corrected chi connectivity index (χ1v) is 50.7. The zero-order valence-corrected chi connectivity index (χ0v) is 83.8. The smallest absolute Gasteiger partial charge is 0.251 e. The quantitative estimate of drug-likeness (QED) is 0.0202. The van der Waals surface area contributed by atoms with Gasteiger partial charge < -0.3 is 115 Å².